The van der Waals surface area contributed by atoms with E-state index in [1.165, 1.54) is 12.8 Å². The highest BCUT2D eigenvalue weighted by atomic mass is 16.4. The molecular formula is C20H26N2O2. The Morgan fingerprint density at radius 3 is 2.71 bits per heavy atom. The summed E-state index contributed by atoms with van der Waals surface area (Å²) in [6, 6.07) is 10.3. The highest BCUT2D eigenvalue weighted by Gasteiger charge is 2.45. The van der Waals surface area contributed by atoms with Crippen LogP contribution in [-0.2, 0) is 11.2 Å². The zero-order chi connectivity index (χ0) is 17.2. The molecule has 1 aromatic heterocycles. The van der Waals surface area contributed by atoms with Gasteiger partial charge in [-0.25, -0.2) is 4.98 Å². The van der Waals surface area contributed by atoms with Crippen LogP contribution in [0.5, 0.6) is 0 Å². The van der Waals surface area contributed by atoms with Crippen molar-refractivity contribution in [2.24, 2.45) is 5.41 Å². The van der Waals surface area contributed by atoms with E-state index >= 15 is 0 Å². The highest BCUT2D eigenvalue weighted by Crippen LogP contribution is 2.49. The molecule has 0 saturated heterocycles. The molecule has 1 heterocycles. The summed E-state index contributed by atoms with van der Waals surface area (Å²) in [5.41, 5.74) is 1.36. The summed E-state index contributed by atoms with van der Waals surface area (Å²) >= 11 is 0. The van der Waals surface area contributed by atoms with Crippen LogP contribution in [0.3, 0.4) is 0 Å². The quantitative estimate of drug-likeness (QED) is 0.761. The van der Waals surface area contributed by atoms with E-state index < -0.39 is 0 Å². The molecule has 1 atom stereocenters. The highest BCUT2D eigenvalue weighted by molar-refractivity contribution is 5.76. The number of oxazole rings is 1. The van der Waals surface area contributed by atoms with E-state index in [0.717, 1.165) is 17.7 Å². The lowest BCUT2D eigenvalue weighted by Crippen LogP contribution is -2.39. The average molecular weight is 326 g/mol. The van der Waals surface area contributed by atoms with E-state index in [4.69, 9.17) is 4.42 Å². The predicted octanol–water partition coefficient (Wildman–Crippen LogP) is 4.31. The number of amides is 1. The van der Waals surface area contributed by atoms with E-state index in [1.54, 1.807) is 6.20 Å². The number of aromatic nitrogens is 1. The van der Waals surface area contributed by atoms with E-state index in [9.17, 15) is 4.79 Å². The first-order chi connectivity index (χ1) is 11.5. The van der Waals surface area contributed by atoms with E-state index in [1.807, 2.05) is 42.3 Å². The van der Waals surface area contributed by atoms with Gasteiger partial charge < -0.3 is 9.32 Å². The SMILES string of the molecule is C[C@@H](N(C)C(=O)CCCc1ncc(-c2ccccc2)o1)C1(C)CC1. The molecule has 1 aromatic carbocycles. The van der Waals surface area contributed by atoms with Gasteiger partial charge in [0.05, 0.1) is 6.20 Å². The Morgan fingerprint density at radius 2 is 2.04 bits per heavy atom. The summed E-state index contributed by atoms with van der Waals surface area (Å²) in [6.45, 7) is 4.42. The topological polar surface area (TPSA) is 46.3 Å². The minimum absolute atomic E-state index is 0.213. The number of carbonyl (C=O) groups excluding carboxylic acids is 1. The van der Waals surface area contributed by atoms with Crippen LogP contribution in [0.1, 0.15) is 45.4 Å². The third-order valence-electron chi connectivity index (χ3n) is 5.41. The largest absolute Gasteiger partial charge is 0.441 e. The van der Waals surface area contributed by atoms with Gasteiger partial charge in [0.1, 0.15) is 0 Å². The standard InChI is InChI=1S/C20H26N2O2/c1-15(20(2)12-13-20)22(3)19(23)11-7-10-18-21-14-17(24-18)16-8-5-4-6-9-16/h4-6,8-9,14-15H,7,10-13H2,1-3H3/t15-/m1/s1. The first-order valence-corrected chi connectivity index (χ1v) is 8.75. The van der Waals surface area contributed by atoms with Gasteiger partial charge in [-0.1, -0.05) is 37.3 Å². The summed E-state index contributed by atoms with van der Waals surface area (Å²) in [5, 5.41) is 0. The molecule has 1 saturated carbocycles. The monoisotopic (exact) mass is 326 g/mol. The van der Waals surface area contributed by atoms with Crippen LogP contribution in [0.25, 0.3) is 11.3 Å². The Bertz CT molecular complexity index is 689. The van der Waals surface area contributed by atoms with Crippen LogP contribution in [0.4, 0.5) is 0 Å². The van der Waals surface area contributed by atoms with E-state index in [2.05, 4.69) is 18.8 Å². The molecule has 24 heavy (non-hydrogen) atoms. The van der Waals surface area contributed by atoms with Gasteiger partial charge in [-0.3, -0.25) is 4.79 Å². The molecule has 1 amide bonds. The molecule has 0 radical (unpaired) electrons. The van der Waals surface area contributed by atoms with Gasteiger partial charge in [-0.15, -0.1) is 0 Å². The number of hydrogen-bond acceptors (Lipinski definition) is 3. The number of rotatable bonds is 7. The van der Waals surface area contributed by atoms with Gasteiger partial charge in [-0.2, -0.15) is 0 Å². The molecule has 128 valence electrons. The smallest absolute Gasteiger partial charge is 0.222 e. The van der Waals surface area contributed by atoms with Crippen LogP contribution < -0.4 is 0 Å². The number of carbonyl (C=O) groups is 1. The lowest BCUT2D eigenvalue weighted by atomic mass is 9.99. The van der Waals surface area contributed by atoms with Crippen molar-refractivity contribution in [2.75, 3.05) is 7.05 Å². The van der Waals surface area contributed by atoms with Gasteiger partial charge in [0.15, 0.2) is 11.7 Å². The fraction of sp³-hybridized carbons (Fsp3) is 0.500. The van der Waals surface area contributed by atoms with Crippen LogP contribution >= 0.6 is 0 Å². The van der Waals surface area contributed by atoms with Crippen molar-refractivity contribution in [2.45, 2.75) is 52.0 Å². The molecule has 0 aliphatic heterocycles. The second-order valence-corrected chi connectivity index (χ2v) is 7.17. The Labute approximate surface area is 143 Å². The third-order valence-corrected chi connectivity index (χ3v) is 5.41. The molecule has 1 aliphatic rings. The minimum Gasteiger partial charge on any atom is -0.441 e. The molecular weight excluding hydrogens is 300 g/mol. The second-order valence-electron chi connectivity index (χ2n) is 7.17. The fourth-order valence-electron chi connectivity index (χ4n) is 3.03. The third kappa shape index (κ3) is 3.69. The maximum absolute atomic E-state index is 12.4. The molecule has 0 unspecified atom stereocenters. The van der Waals surface area contributed by atoms with Gasteiger partial charge in [0.2, 0.25) is 5.91 Å². The molecule has 0 N–H and O–H groups in total. The van der Waals surface area contributed by atoms with Gasteiger partial charge in [0, 0.05) is 31.5 Å². The van der Waals surface area contributed by atoms with Gasteiger partial charge in [0.25, 0.3) is 0 Å². The van der Waals surface area contributed by atoms with Crippen molar-refractivity contribution < 1.29 is 9.21 Å². The van der Waals surface area contributed by atoms with Crippen molar-refractivity contribution >= 4 is 5.91 Å². The van der Waals surface area contributed by atoms with Gasteiger partial charge in [-0.05, 0) is 31.6 Å². The average Bonchev–Trinajstić information content (AvgIpc) is 3.18. The number of aryl methyl sites for hydroxylation is 1. The Hall–Kier alpha value is -2.10. The van der Waals surface area contributed by atoms with Crippen LogP contribution in [0, 0.1) is 5.41 Å². The maximum Gasteiger partial charge on any atom is 0.222 e. The Balaban J connectivity index is 1.48. The summed E-state index contributed by atoms with van der Waals surface area (Å²) in [6.07, 6.45) is 6.21. The summed E-state index contributed by atoms with van der Waals surface area (Å²) in [4.78, 5) is 18.6. The maximum atomic E-state index is 12.4. The molecule has 0 spiro atoms. The van der Waals surface area contributed by atoms with Crippen molar-refractivity contribution in [3.05, 3.63) is 42.4 Å². The number of benzene rings is 1. The molecule has 1 fully saturated rings. The first kappa shape index (κ1) is 16.7. The van der Waals surface area contributed by atoms with Crippen molar-refractivity contribution in [3.8, 4) is 11.3 Å². The molecule has 1 aliphatic carbocycles. The molecule has 3 rings (SSSR count). The summed E-state index contributed by atoms with van der Waals surface area (Å²) < 4.78 is 5.79. The van der Waals surface area contributed by atoms with Crippen molar-refractivity contribution in [3.63, 3.8) is 0 Å². The summed E-state index contributed by atoms with van der Waals surface area (Å²) in [7, 11) is 1.93. The van der Waals surface area contributed by atoms with Crippen molar-refractivity contribution in [1.82, 2.24) is 9.88 Å². The lowest BCUT2D eigenvalue weighted by Gasteiger charge is -2.30. The minimum atomic E-state index is 0.213. The van der Waals surface area contributed by atoms with E-state index in [0.29, 0.717) is 30.2 Å². The Kier molecular flexibility index (Phi) is 4.74. The van der Waals surface area contributed by atoms with E-state index in [-0.39, 0.29) is 5.91 Å². The van der Waals surface area contributed by atoms with Crippen molar-refractivity contribution in [1.29, 1.82) is 0 Å². The number of hydrogen-bond donors (Lipinski definition) is 0. The predicted molar refractivity (Wildman–Crippen MR) is 94.5 cm³/mol. The van der Waals surface area contributed by atoms with Gasteiger partial charge >= 0.3 is 0 Å². The fourth-order valence-corrected chi connectivity index (χ4v) is 3.03. The normalized spacial score (nSPS) is 16.6. The molecule has 0 bridgehead atoms. The van der Waals surface area contributed by atoms with Crippen LogP contribution in [0.15, 0.2) is 40.9 Å². The molecule has 2 aromatic rings. The second kappa shape index (κ2) is 6.80. The molecule has 4 nitrogen and oxygen atoms in total. The number of nitrogens with zero attached hydrogens (tertiary/aromatic N) is 2. The summed E-state index contributed by atoms with van der Waals surface area (Å²) in [5.74, 6) is 1.70. The Morgan fingerprint density at radius 1 is 1.33 bits per heavy atom. The molecule has 4 heteroatoms. The lowest BCUT2D eigenvalue weighted by molar-refractivity contribution is -0.133. The van der Waals surface area contributed by atoms with Crippen LogP contribution in [0.2, 0.25) is 0 Å². The zero-order valence-electron chi connectivity index (χ0n) is 14.8. The first-order valence-electron chi connectivity index (χ1n) is 8.75. The zero-order valence-corrected chi connectivity index (χ0v) is 14.8. The van der Waals surface area contributed by atoms with Crippen LogP contribution in [-0.4, -0.2) is 28.9 Å².